The van der Waals surface area contributed by atoms with Gasteiger partial charge in [-0.25, -0.2) is 4.98 Å². The van der Waals surface area contributed by atoms with Crippen LogP contribution in [0.1, 0.15) is 52.8 Å². The van der Waals surface area contributed by atoms with Crippen molar-refractivity contribution in [3.8, 4) is 0 Å². The molecule has 0 spiro atoms. The molecule has 0 radical (unpaired) electrons. The number of aryl methyl sites for hydroxylation is 1. The maximum Gasteiger partial charge on any atom is 0.132 e. The fourth-order valence-electron chi connectivity index (χ4n) is 1.87. The highest BCUT2D eigenvalue weighted by Crippen LogP contribution is 2.27. The second-order valence-electron chi connectivity index (χ2n) is 3.97. The molecule has 0 saturated heterocycles. The van der Waals surface area contributed by atoms with Gasteiger partial charge in [-0.2, -0.15) is 0 Å². The van der Waals surface area contributed by atoms with Gasteiger partial charge in [-0.3, -0.25) is 0 Å². The van der Waals surface area contributed by atoms with Crippen LogP contribution in [0.4, 0.5) is 5.82 Å². The van der Waals surface area contributed by atoms with Gasteiger partial charge in [0.05, 0.1) is 0 Å². The zero-order chi connectivity index (χ0) is 13.4. The first-order valence-electron chi connectivity index (χ1n) is 6.91. The normalized spacial score (nSPS) is 12.4. The van der Waals surface area contributed by atoms with Gasteiger partial charge in [0.15, 0.2) is 0 Å². The smallest absolute Gasteiger partial charge is 0.132 e. The summed E-state index contributed by atoms with van der Waals surface area (Å²) in [5, 5.41) is 0. The van der Waals surface area contributed by atoms with Crippen molar-refractivity contribution in [2.75, 3.05) is 11.4 Å². The molecule has 98 valence electrons. The summed E-state index contributed by atoms with van der Waals surface area (Å²) in [6, 6.07) is 4.87. The quantitative estimate of drug-likeness (QED) is 0.726. The molecule has 0 bridgehead atoms. The molecule has 2 rings (SSSR count). The van der Waals surface area contributed by atoms with E-state index in [1.165, 1.54) is 11.4 Å². The van der Waals surface area contributed by atoms with Gasteiger partial charge >= 0.3 is 0 Å². The van der Waals surface area contributed by atoms with E-state index in [-0.39, 0.29) is 0 Å². The first-order valence-corrected chi connectivity index (χ1v) is 6.91. The predicted octanol–water partition coefficient (Wildman–Crippen LogP) is 4.21. The Hall–Kier alpha value is -1.05. The van der Waals surface area contributed by atoms with Crippen LogP contribution in [0, 0.1) is 6.92 Å². The third-order valence-electron chi connectivity index (χ3n) is 2.61. The molecule has 1 aromatic rings. The van der Waals surface area contributed by atoms with E-state index in [1.807, 2.05) is 27.7 Å². The van der Waals surface area contributed by atoms with Crippen LogP contribution in [-0.2, 0) is 6.42 Å². The van der Waals surface area contributed by atoms with E-state index >= 15 is 0 Å². The molecule has 2 heteroatoms. The van der Waals surface area contributed by atoms with Gasteiger partial charge in [0.25, 0.3) is 0 Å². The molecule has 2 heterocycles. The minimum atomic E-state index is 0.565. The second kappa shape index (κ2) is 8.10. The topological polar surface area (TPSA) is 16.1 Å². The highest BCUT2D eigenvalue weighted by Gasteiger charge is 2.22. The van der Waals surface area contributed by atoms with Gasteiger partial charge in [0.1, 0.15) is 5.82 Å². The third kappa shape index (κ3) is 4.03. The summed E-state index contributed by atoms with van der Waals surface area (Å²) in [7, 11) is 0. The monoisotopic (exact) mass is 236 g/mol. The van der Waals surface area contributed by atoms with E-state index in [4.69, 9.17) is 0 Å². The largest absolute Gasteiger partial charge is 0.354 e. The number of hydrogen-bond acceptors (Lipinski definition) is 2. The van der Waals surface area contributed by atoms with Crippen molar-refractivity contribution in [2.24, 2.45) is 0 Å². The summed E-state index contributed by atoms with van der Waals surface area (Å²) in [4.78, 5) is 6.96. The molecule has 0 aromatic carbocycles. The van der Waals surface area contributed by atoms with Gasteiger partial charge in [-0.05, 0) is 38.8 Å². The SMILES string of the molecule is CC.CC.Cc1ccc2c(n1)N(C(C)C)CC2. The van der Waals surface area contributed by atoms with Crippen molar-refractivity contribution in [3.05, 3.63) is 23.4 Å². The van der Waals surface area contributed by atoms with Crippen molar-refractivity contribution >= 4 is 5.82 Å². The fourth-order valence-corrected chi connectivity index (χ4v) is 1.87. The van der Waals surface area contributed by atoms with Gasteiger partial charge in [-0.1, -0.05) is 33.8 Å². The summed E-state index contributed by atoms with van der Waals surface area (Å²) in [5.41, 5.74) is 2.52. The van der Waals surface area contributed by atoms with Crippen LogP contribution in [-0.4, -0.2) is 17.6 Å². The van der Waals surface area contributed by atoms with Crippen LogP contribution in [0.5, 0.6) is 0 Å². The third-order valence-corrected chi connectivity index (χ3v) is 2.61. The number of aromatic nitrogens is 1. The lowest BCUT2D eigenvalue weighted by molar-refractivity contribution is 0.702. The van der Waals surface area contributed by atoms with Crippen LogP contribution < -0.4 is 4.90 Å². The zero-order valence-electron chi connectivity index (χ0n) is 12.5. The van der Waals surface area contributed by atoms with Crippen molar-refractivity contribution in [3.63, 3.8) is 0 Å². The molecule has 0 unspecified atom stereocenters. The number of rotatable bonds is 1. The van der Waals surface area contributed by atoms with Gasteiger partial charge in [-0.15, -0.1) is 0 Å². The standard InChI is InChI=1S/C11H16N2.2C2H6/c1-8(2)13-7-6-10-5-4-9(3)12-11(10)13;2*1-2/h4-5,8H,6-7H2,1-3H3;2*1-2H3. The Bertz CT molecular complexity index is 319. The number of pyridine rings is 1. The lowest BCUT2D eigenvalue weighted by Gasteiger charge is -2.22. The predicted molar refractivity (Wildman–Crippen MR) is 77.9 cm³/mol. The van der Waals surface area contributed by atoms with Crippen molar-refractivity contribution in [2.45, 2.75) is 60.9 Å². The van der Waals surface area contributed by atoms with Crippen molar-refractivity contribution < 1.29 is 0 Å². The Morgan fingerprint density at radius 1 is 1.12 bits per heavy atom. The molecule has 17 heavy (non-hydrogen) atoms. The summed E-state index contributed by atoms with van der Waals surface area (Å²) in [6.07, 6.45) is 1.15. The number of fused-ring (bicyclic) bond motifs is 1. The Morgan fingerprint density at radius 2 is 1.71 bits per heavy atom. The molecule has 0 saturated carbocycles. The highest BCUT2D eigenvalue weighted by atomic mass is 15.2. The molecule has 0 amide bonds. The molecule has 0 fully saturated rings. The van der Waals surface area contributed by atoms with Gasteiger partial charge in [0, 0.05) is 18.3 Å². The van der Waals surface area contributed by atoms with E-state index < -0.39 is 0 Å². The lowest BCUT2D eigenvalue weighted by atomic mass is 10.2. The molecule has 1 aliphatic heterocycles. The van der Waals surface area contributed by atoms with Crippen LogP contribution in [0.2, 0.25) is 0 Å². The molecule has 1 aromatic heterocycles. The number of hydrogen-bond donors (Lipinski definition) is 0. The average Bonchev–Trinajstić information content (AvgIpc) is 2.77. The highest BCUT2D eigenvalue weighted by molar-refractivity contribution is 5.53. The minimum absolute atomic E-state index is 0.565. The maximum atomic E-state index is 4.58. The van der Waals surface area contributed by atoms with Gasteiger partial charge in [0.2, 0.25) is 0 Å². The zero-order valence-corrected chi connectivity index (χ0v) is 12.5. The average molecular weight is 236 g/mol. The van der Waals surface area contributed by atoms with Crippen molar-refractivity contribution in [1.29, 1.82) is 0 Å². The van der Waals surface area contributed by atoms with E-state index in [0.29, 0.717) is 6.04 Å². The number of nitrogens with zero attached hydrogens (tertiary/aromatic N) is 2. The van der Waals surface area contributed by atoms with E-state index in [1.54, 1.807) is 0 Å². The summed E-state index contributed by atoms with van der Waals surface area (Å²) < 4.78 is 0. The maximum absolute atomic E-state index is 4.58. The molecule has 0 aliphatic carbocycles. The molecule has 2 nitrogen and oxygen atoms in total. The molecular weight excluding hydrogens is 208 g/mol. The Labute approximate surface area is 107 Å². The van der Waals surface area contributed by atoms with E-state index in [2.05, 4.69) is 42.8 Å². The minimum Gasteiger partial charge on any atom is -0.354 e. The summed E-state index contributed by atoms with van der Waals surface area (Å²) in [5.74, 6) is 1.20. The molecule has 0 atom stereocenters. The molecule has 0 N–H and O–H groups in total. The summed E-state index contributed by atoms with van der Waals surface area (Å²) >= 11 is 0. The molecule has 1 aliphatic rings. The lowest BCUT2D eigenvalue weighted by Crippen LogP contribution is -2.29. The summed E-state index contributed by atoms with van der Waals surface area (Å²) in [6.45, 7) is 15.6. The van der Waals surface area contributed by atoms with Crippen LogP contribution >= 0.6 is 0 Å². The van der Waals surface area contributed by atoms with Crippen LogP contribution in [0.25, 0.3) is 0 Å². The van der Waals surface area contributed by atoms with E-state index in [0.717, 1.165) is 18.7 Å². The first-order chi connectivity index (χ1) is 8.18. The fraction of sp³-hybridized carbons (Fsp3) is 0.667. The van der Waals surface area contributed by atoms with Gasteiger partial charge < -0.3 is 4.90 Å². The van der Waals surface area contributed by atoms with E-state index in [9.17, 15) is 0 Å². The van der Waals surface area contributed by atoms with Crippen LogP contribution in [0.3, 0.4) is 0 Å². The molecular formula is C15H28N2. The first kappa shape index (κ1) is 16.0. The second-order valence-corrected chi connectivity index (χ2v) is 3.97. The number of anilines is 1. The van der Waals surface area contributed by atoms with Crippen LogP contribution in [0.15, 0.2) is 12.1 Å². The Morgan fingerprint density at radius 3 is 2.24 bits per heavy atom. The Balaban J connectivity index is 0.000000581. The Kier molecular flexibility index (Phi) is 7.60. The van der Waals surface area contributed by atoms with Crippen molar-refractivity contribution in [1.82, 2.24) is 4.98 Å².